The van der Waals surface area contributed by atoms with E-state index >= 15 is 0 Å². The molecule has 0 unspecified atom stereocenters. The molecule has 0 aliphatic carbocycles. The van der Waals surface area contributed by atoms with E-state index in [2.05, 4.69) is 34.3 Å². The number of thiophene rings is 1. The number of nitrogens with one attached hydrogen (secondary N) is 2. The molecule has 3 rings (SSSR count). The summed E-state index contributed by atoms with van der Waals surface area (Å²) in [6.45, 7) is 4.55. The summed E-state index contributed by atoms with van der Waals surface area (Å²) in [4.78, 5) is 17.4. The third-order valence-corrected chi connectivity index (χ3v) is 4.06. The maximum atomic E-state index is 12.1. The normalized spacial score (nSPS) is 11.1. The van der Waals surface area contributed by atoms with Crippen molar-refractivity contribution in [3.8, 4) is 10.8 Å². The van der Waals surface area contributed by atoms with Crippen molar-refractivity contribution in [3.63, 3.8) is 0 Å². The molecule has 3 aromatic heterocycles. The van der Waals surface area contributed by atoms with E-state index in [-0.39, 0.29) is 5.91 Å². The highest BCUT2D eigenvalue weighted by Gasteiger charge is 2.13. The maximum Gasteiger partial charge on any atom is 0.272 e. The van der Waals surface area contributed by atoms with Crippen LogP contribution in [0.5, 0.6) is 0 Å². The van der Waals surface area contributed by atoms with Crippen LogP contribution in [0.1, 0.15) is 35.7 Å². The van der Waals surface area contributed by atoms with E-state index in [1.54, 1.807) is 23.7 Å². The van der Waals surface area contributed by atoms with Gasteiger partial charge in [-0.3, -0.25) is 9.89 Å². The molecule has 0 aliphatic heterocycles. The quantitative estimate of drug-likeness (QED) is 0.726. The Bertz CT molecular complexity index is 774. The Kier molecular flexibility index (Phi) is 4.57. The van der Waals surface area contributed by atoms with Crippen LogP contribution in [0.3, 0.4) is 0 Å². The number of aromatic nitrogens is 3. The van der Waals surface area contributed by atoms with Crippen molar-refractivity contribution in [2.75, 3.05) is 0 Å². The van der Waals surface area contributed by atoms with E-state index in [1.165, 1.54) is 0 Å². The van der Waals surface area contributed by atoms with E-state index in [9.17, 15) is 4.79 Å². The standard InChI is InChI=1S/C16H18N4O2S/c1-10(2)6-11-7-13(20-19-11)15(21)17-8-12-9-22-16(18-12)14-4-3-5-23-14/h3-5,7,9-10H,6,8H2,1-2H3,(H,17,21)(H,19,20). The number of carbonyl (C=O) groups excluding carboxylic acids is 1. The Morgan fingerprint density at radius 3 is 3.09 bits per heavy atom. The van der Waals surface area contributed by atoms with Crippen LogP contribution in [0, 0.1) is 5.92 Å². The molecule has 120 valence electrons. The minimum atomic E-state index is -0.225. The molecule has 0 bridgehead atoms. The van der Waals surface area contributed by atoms with Gasteiger partial charge >= 0.3 is 0 Å². The van der Waals surface area contributed by atoms with Crippen molar-refractivity contribution in [2.24, 2.45) is 5.92 Å². The van der Waals surface area contributed by atoms with Gasteiger partial charge in [0.25, 0.3) is 5.91 Å². The van der Waals surface area contributed by atoms with Gasteiger partial charge in [0.2, 0.25) is 5.89 Å². The van der Waals surface area contributed by atoms with Gasteiger partial charge in [-0.05, 0) is 29.9 Å². The largest absolute Gasteiger partial charge is 0.443 e. The Balaban J connectivity index is 1.57. The summed E-state index contributed by atoms with van der Waals surface area (Å²) in [6, 6.07) is 5.67. The molecule has 0 atom stereocenters. The van der Waals surface area contributed by atoms with Gasteiger partial charge in [0, 0.05) is 5.69 Å². The fourth-order valence-electron chi connectivity index (χ4n) is 2.19. The highest BCUT2D eigenvalue weighted by molar-refractivity contribution is 7.13. The van der Waals surface area contributed by atoms with Gasteiger partial charge in [0.15, 0.2) is 0 Å². The van der Waals surface area contributed by atoms with E-state index in [4.69, 9.17) is 4.42 Å². The first-order valence-electron chi connectivity index (χ1n) is 7.42. The summed E-state index contributed by atoms with van der Waals surface area (Å²) in [7, 11) is 0. The first-order valence-corrected chi connectivity index (χ1v) is 8.30. The second-order valence-corrected chi connectivity index (χ2v) is 6.63. The molecule has 1 amide bonds. The van der Waals surface area contributed by atoms with Crippen LogP contribution in [0.2, 0.25) is 0 Å². The van der Waals surface area contributed by atoms with Gasteiger partial charge in [-0.1, -0.05) is 19.9 Å². The van der Waals surface area contributed by atoms with Crippen molar-refractivity contribution in [1.29, 1.82) is 0 Å². The lowest BCUT2D eigenvalue weighted by Gasteiger charge is -2.00. The first-order chi connectivity index (χ1) is 11.1. The summed E-state index contributed by atoms with van der Waals surface area (Å²) in [5, 5.41) is 11.7. The number of amides is 1. The number of H-pyrrole nitrogens is 1. The lowest BCUT2D eigenvalue weighted by molar-refractivity contribution is 0.0945. The predicted octanol–water partition coefficient (Wildman–Crippen LogP) is 3.25. The highest BCUT2D eigenvalue weighted by atomic mass is 32.1. The number of hydrogen-bond acceptors (Lipinski definition) is 5. The molecule has 0 aliphatic rings. The SMILES string of the molecule is CC(C)Cc1cc(C(=O)NCc2coc(-c3cccs3)n2)n[nH]1. The second kappa shape index (κ2) is 6.78. The third kappa shape index (κ3) is 3.87. The molecular weight excluding hydrogens is 312 g/mol. The molecular formula is C16H18N4O2S. The average molecular weight is 330 g/mol. The molecule has 3 aromatic rings. The fraction of sp³-hybridized carbons (Fsp3) is 0.312. The zero-order chi connectivity index (χ0) is 16.2. The lowest BCUT2D eigenvalue weighted by Crippen LogP contribution is -2.23. The molecule has 0 saturated carbocycles. The number of aromatic amines is 1. The van der Waals surface area contributed by atoms with Gasteiger partial charge in [-0.15, -0.1) is 11.3 Å². The van der Waals surface area contributed by atoms with Crippen LogP contribution in [0.25, 0.3) is 10.8 Å². The summed E-state index contributed by atoms with van der Waals surface area (Å²) >= 11 is 1.56. The smallest absolute Gasteiger partial charge is 0.272 e. The zero-order valence-corrected chi connectivity index (χ0v) is 13.8. The van der Waals surface area contributed by atoms with Crippen molar-refractivity contribution in [1.82, 2.24) is 20.5 Å². The average Bonchev–Trinajstić information content (AvgIpc) is 3.24. The monoisotopic (exact) mass is 330 g/mol. The molecule has 2 N–H and O–H groups in total. The van der Waals surface area contributed by atoms with Crippen LogP contribution in [0.15, 0.2) is 34.3 Å². The van der Waals surface area contributed by atoms with Gasteiger partial charge < -0.3 is 9.73 Å². The van der Waals surface area contributed by atoms with Crippen LogP contribution in [0.4, 0.5) is 0 Å². The molecule has 0 fully saturated rings. The van der Waals surface area contributed by atoms with Gasteiger partial charge in [0.05, 0.1) is 17.1 Å². The van der Waals surface area contributed by atoms with E-state index < -0.39 is 0 Å². The summed E-state index contributed by atoms with van der Waals surface area (Å²) in [5.74, 6) is 0.859. The van der Waals surface area contributed by atoms with Crippen molar-refractivity contribution < 1.29 is 9.21 Å². The van der Waals surface area contributed by atoms with Crippen molar-refractivity contribution in [2.45, 2.75) is 26.8 Å². The third-order valence-electron chi connectivity index (χ3n) is 3.21. The highest BCUT2D eigenvalue weighted by Crippen LogP contribution is 2.23. The summed E-state index contributed by atoms with van der Waals surface area (Å²) in [6.07, 6.45) is 2.43. The van der Waals surface area contributed by atoms with Gasteiger partial charge in [0.1, 0.15) is 12.0 Å². The Labute approximate surface area is 137 Å². The van der Waals surface area contributed by atoms with Crippen molar-refractivity contribution >= 4 is 17.2 Å². The number of oxazole rings is 1. The van der Waals surface area contributed by atoms with E-state index in [1.807, 2.05) is 17.5 Å². The molecule has 0 radical (unpaired) electrons. The minimum Gasteiger partial charge on any atom is -0.443 e. The van der Waals surface area contributed by atoms with Crippen LogP contribution in [-0.2, 0) is 13.0 Å². The van der Waals surface area contributed by atoms with E-state index in [0.717, 1.165) is 17.0 Å². The van der Waals surface area contributed by atoms with Crippen LogP contribution in [-0.4, -0.2) is 21.1 Å². The van der Waals surface area contributed by atoms with Gasteiger partial charge in [-0.25, -0.2) is 4.98 Å². The minimum absolute atomic E-state index is 0.225. The second-order valence-electron chi connectivity index (χ2n) is 5.68. The number of rotatable bonds is 6. The molecule has 0 saturated heterocycles. The molecule has 0 aromatic carbocycles. The van der Waals surface area contributed by atoms with E-state index in [0.29, 0.717) is 29.7 Å². The first kappa shape index (κ1) is 15.5. The summed E-state index contributed by atoms with van der Waals surface area (Å²) < 4.78 is 5.42. The topological polar surface area (TPSA) is 83.8 Å². The van der Waals surface area contributed by atoms with Crippen molar-refractivity contribution in [3.05, 3.63) is 46.9 Å². The number of nitrogens with zero attached hydrogens (tertiary/aromatic N) is 2. The molecule has 3 heterocycles. The zero-order valence-electron chi connectivity index (χ0n) is 13.0. The fourth-order valence-corrected chi connectivity index (χ4v) is 2.84. The number of hydrogen-bond donors (Lipinski definition) is 2. The Morgan fingerprint density at radius 1 is 1.48 bits per heavy atom. The van der Waals surface area contributed by atoms with Gasteiger partial charge in [-0.2, -0.15) is 5.10 Å². The Hall–Kier alpha value is -2.41. The number of carbonyl (C=O) groups is 1. The van der Waals surface area contributed by atoms with Crippen LogP contribution >= 0.6 is 11.3 Å². The lowest BCUT2D eigenvalue weighted by atomic mass is 10.1. The molecule has 23 heavy (non-hydrogen) atoms. The molecule has 6 nitrogen and oxygen atoms in total. The summed E-state index contributed by atoms with van der Waals surface area (Å²) in [5.41, 5.74) is 2.04. The molecule has 7 heteroatoms. The Morgan fingerprint density at radius 2 is 2.35 bits per heavy atom. The molecule has 0 spiro atoms. The maximum absolute atomic E-state index is 12.1. The van der Waals surface area contributed by atoms with Crippen LogP contribution < -0.4 is 5.32 Å². The predicted molar refractivity (Wildman–Crippen MR) is 88.1 cm³/mol.